The number of ether oxygens (including phenoxy) is 1. The summed E-state index contributed by atoms with van der Waals surface area (Å²) in [4.78, 5) is 3.72. The molecule has 3 rings (SSSR count). The number of nitrogens with zero attached hydrogens (tertiary/aromatic N) is 2. The van der Waals surface area contributed by atoms with E-state index in [1.54, 1.807) is 35.6 Å². The summed E-state index contributed by atoms with van der Waals surface area (Å²) in [7, 11) is 0. The molecule has 1 aliphatic rings. The molecule has 1 fully saturated rings. The molecule has 4 nitrogen and oxygen atoms in total. The number of thiophene rings is 1. The van der Waals surface area contributed by atoms with Gasteiger partial charge in [0.1, 0.15) is 18.5 Å². The Morgan fingerprint density at radius 3 is 2.87 bits per heavy atom. The molecule has 0 aliphatic carbocycles. The van der Waals surface area contributed by atoms with Gasteiger partial charge in [-0.1, -0.05) is 6.07 Å². The zero-order chi connectivity index (χ0) is 16.1. The molecule has 120 valence electrons. The Balaban J connectivity index is 1.50. The van der Waals surface area contributed by atoms with Crippen LogP contribution in [0.4, 0.5) is 0 Å². The zero-order valence-electron chi connectivity index (χ0n) is 12.9. The van der Waals surface area contributed by atoms with Gasteiger partial charge in [-0.25, -0.2) is 0 Å². The molecule has 0 radical (unpaired) electrons. The van der Waals surface area contributed by atoms with E-state index in [0.717, 1.165) is 13.0 Å². The van der Waals surface area contributed by atoms with Crippen molar-refractivity contribution >= 4 is 11.3 Å². The lowest BCUT2D eigenvalue weighted by Gasteiger charge is -2.26. The number of aliphatic hydroxyl groups excluding tert-OH is 1. The molecule has 5 heteroatoms. The highest BCUT2D eigenvalue weighted by atomic mass is 32.1. The number of β-amino-alcohol motifs (C(OH)–C–C–N with tert-alkyl or cyclic N) is 1. The van der Waals surface area contributed by atoms with Crippen molar-refractivity contribution in [1.82, 2.24) is 4.90 Å². The average molecular weight is 328 g/mol. The van der Waals surface area contributed by atoms with Gasteiger partial charge in [0.05, 0.1) is 11.6 Å². The van der Waals surface area contributed by atoms with Crippen molar-refractivity contribution in [1.29, 1.82) is 5.26 Å². The van der Waals surface area contributed by atoms with Gasteiger partial charge in [0.15, 0.2) is 0 Å². The normalized spacial score (nSPS) is 19.4. The number of benzene rings is 1. The zero-order valence-corrected chi connectivity index (χ0v) is 13.7. The van der Waals surface area contributed by atoms with Crippen molar-refractivity contribution in [2.45, 2.75) is 25.0 Å². The third-order valence-corrected chi connectivity index (χ3v) is 5.08. The summed E-state index contributed by atoms with van der Waals surface area (Å²) in [6, 6.07) is 13.7. The van der Waals surface area contributed by atoms with Crippen molar-refractivity contribution in [2.75, 3.05) is 19.7 Å². The second-order valence-corrected chi connectivity index (χ2v) is 6.75. The number of hydrogen-bond donors (Lipinski definition) is 1. The Kier molecular flexibility index (Phi) is 5.29. The highest BCUT2D eigenvalue weighted by Gasteiger charge is 2.28. The molecular formula is C18H20N2O2S. The van der Waals surface area contributed by atoms with E-state index in [2.05, 4.69) is 28.5 Å². The largest absolute Gasteiger partial charge is 0.491 e. The van der Waals surface area contributed by atoms with Crippen LogP contribution in [0.1, 0.15) is 29.3 Å². The fourth-order valence-electron chi connectivity index (χ4n) is 2.99. The smallest absolute Gasteiger partial charge is 0.119 e. The highest BCUT2D eigenvalue weighted by Crippen LogP contribution is 2.34. The van der Waals surface area contributed by atoms with E-state index in [-0.39, 0.29) is 6.61 Å². The minimum absolute atomic E-state index is 0.263. The molecule has 0 saturated carbocycles. The van der Waals surface area contributed by atoms with Gasteiger partial charge >= 0.3 is 0 Å². The summed E-state index contributed by atoms with van der Waals surface area (Å²) in [5.41, 5.74) is 0.605. The third kappa shape index (κ3) is 4.11. The van der Waals surface area contributed by atoms with Crippen LogP contribution in [-0.4, -0.2) is 35.8 Å². The molecule has 23 heavy (non-hydrogen) atoms. The van der Waals surface area contributed by atoms with E-state index in [1.807, 2.05) is 0 Å². The van der Waals surface area contributed by atoms with Crippen molar-refractivity contribution in [3.8, 4) is 11.8 Å². The Labute approximate surface area is 140 Å². The van der Waals surface area contributed by atoms with E-state index in [1.165, 1.54) is 11.3 Å². The first kappa shape index (κ1) is 16.0. The van der Waals surface area contributed by atoms with Gasteiger partial charge < -0.3 is 9.84 Å². The van der Waals surface area contributed by atoms with Gasteiger partial charge in [0, 0.05) is 17.5 Å². The first-order valence-corrected chi connectivity index (χ1v) is 8.72. The topological polar surface area (TPSA) is 56.5 Å². The Morgan fingerprint density at radius 1 is 1.35 bits per heavy atom. The van der Waals surface area contributed by atoms with Crippen molar-refractivity contribution < 1.29 is 9.84 Å². The van der Waals surface area contributed by atoms with Gasteiger partial charge in [-0.05, 0) is 55.1 Å². The minimum atomic E-state index is -0.522. The maximum atomic E-state index is 10.3. The molecule has 1 aromatic carbocycles. The maximum Gasteiger partial charge on any atom is 0.119 e. The molecule has 0 amide bonds. The van der Waals surface area contributed by atoms with Gasteiger partial charge in [-0.3, -0.25) is 4.90 Å². The fraction of sp³-hybridized carbons (Fsp3) is 0.389. The lowest BCUT2D eigenvalue weighted by Crippen LogP contribution is -2.35. The number of likely N-dealkylation sites (tertiary alicyclic amines) is 1. The van der Waals surface area contributed by atoms with Crippen LogP contribution in [0, 0.1) is 11.3 Å². The summed E-state index contributed by atoms with van der Waals surface area (Å²) >= 11 is 1.78. The minimum Gasteiger partial charge on any atom is -0.491 e. The van der Waals surface area contributed by atoms with Gasteiger partial charge in [0.25, 0.3) is 0 Å². The van der Waals surface area contributed by atoms with Gasteiger partial charge in [-0.2, -0.15) is 5.26 Å². The lowest BCUT2D eigenvalue weighted by atomic mass is 10.2. The second kappa shape index (κ2) is 7.60. The summed E-state index contributed by atoms with van der Waals surface area (Å²) in [5, 5.41) is 21.2. The molecule has 1 N–H and O–H groups in total. The van der Waals surface area contributed by atoms with Crippen LogP contribution in [0.3, 0.4) is 0 Å². The van der Waals surface area contributed by atoms with Crippen molar-refractivity contribution in [3.63, 3.8) is 0 Å². The molecule has 0 unspecified atom stereocenters. The van der Waals surface area contributed by atoms with Crippen LogP contribution in [0.2, 0.25) is 0 Å². The van der Waals surface area contributed by atoms with Crippen LogP contribution in [0.5, 0.6) is 5.75 Å². The van der Waals surface area contributed by atoms with Gasteiger partial charge in [-0.15, -0.1) is 11.3 Å². The first-order valence-electron chi connectivity index (χ1n) is 7.85. The first-order chi connectivity index (χ1) is 11.3. The molecule has 1 aromatic heterocycles. The summed E-state index contributed by atoms with van der Waals surface area (Å²) in [6.07, 6.45) is 1.81. The van der Waals surface area contributed by atoms with Crippen LogP contribution < -0.4 is 4.74 Å². The van der Waals surface area contributed by atoms with E-state index < -0.39 is 6.10 Å². The predicted molar refractivity (Wildman–Crippen MR) is 90.5 cm³/mol. The van der Waals surface area contributed by atoms with Crippen LogP contribution in [0.25, 0.3) is 0 Å². The van der Waals surface area contributed by atoms with Crippen LogP contribution in [0.15, 0.2) is 41.8 Å². The molecule has 0 spiro atoms. The number of aliphatic hydroxyl groups is 1. The molecule has 1 saturated heterocycles. The molecule has 2 atom stereocenters. The Morgan fingerprint density at radius 2 is 2.17 bits per heavy atom. The van der Waals surface area contributed by atoms with Gasteiger partial charge in [0.2, 0.25) is 0 Å². The van der Waals surface area contributed by atoms with E-state index in [0.29, 0.717) is 23.9 Å². The molecule has 0 bridgehead atoms. The second-order valence-electron chi connectivity index (χ2n) is 5.77. The van der Waals surface area contributed by atoms with Crippen LogP contribution in [-0.2, 0) is 0 Å². The predicted octanol–water partition coefficient (Wildman–Crippen LogP) is 3.20. The molecule has 2 heterocycles. The van der Waals surface area contributed by atoms with E-state index in [4.69, 9.17) is 10.00 Å². The molecule has 1 aliphatic heterocycles. The number of rotatable bonds is 6. The standard InChI is InChI=1S/C18H20N2O2S/c19-11-14-5-7-16(8-6-14)22-13-15(21)12-20-9-1-3-17(20)18-4-2-10-23-18/h2,4-8,10,15,17,21H,1,3,9,12-13H2/t15-,17-/m0/s1. The maximum absolute atomic E-state index is 10.3. The highest BCUT2D eigenvalue weighted by molar-refractivity contribution is 7.10. The summed E-state index contributed by atoms with van der Waals surface area (Å²) in [5.74, 6) is 0.680. The number of nitriles is 1. The average Bonchev–Trinajstić information content (AvgIpc) is 3.24. The van der Waals surface area contributed by atoms with Crippen molar-refractivity contribution in [2.24, 2.45) is 0 Å². The summed E-state index contributed by atoms with van der Waals surface area (Å²) in [6.45, 7) is 1.91. The third-order valence-electron chi connectivity index (χ3n) is 4.11. The van der Waals surface area contributed by atoms with Crippen molar-refractivity contribution in [3.05, 3.63) is 52.2 Å². The monoisotopic (exact) mass is 328 g/mol. The SMILES string of the molecule is N#Cc1ccc(OC[C@@H](O)CN2CCC[C@H]2c2cccs2)cc1. The van der Waals surface area contributed by atoms with Crippen LogP contribution >= 0.6 is 11.3 Å². The quantitative estimate of drug-likeness (QED) is 0.885. The lowest BCUT2D eigenvalue weighted by molar-refractivity contribution is 0.0643. The number of hydrogen-bond acceptors (Lipinski definition) is 5. The Bertz CT molecular complexity index is 649. The molecule has 2 aromatic rings. The summed E-state index contributed by atoms with van der Waals surface area (Å²) < 4.78 is 5.62. The molecular weight excluding hydrogens is 308 g/mol. The van der Waals surface area contributed by atoms with E-state index in [9.17, 15) is 5.11 Å². The fourth-order valence-corrected chi connectivity index (χ4v) is 3.88. The van der Waals surface area contributed by atoms with E-state index >= 15 is 0 Å². The Hall–Kier alpha value is -1.87.